The summed E-state index contributed by atoms with van der Waals surface area (Å²) >= 11 is 0. The zero-order chi connectivity index (χ0) is 38.8. The fourth-order valence-electron chi connectivity index (χ4n) is 8.55. The lowest BCUT2D eigenvalue weighted by molar-refractivity contribution is 0.534. The Balaban J connectivity index is 2.54. The maximum absolute atomic E-state index is 5.26. The van der Waals surface area contributed by atoms with Gasteiger partial charge < -0.3 is 0 Å². The Morgan fingerprint density at radius 1 is 0.278 bits per heavy atom. The van der Waals surface area contributed by atoms with Crippen molar-refractivity contribution in [3.63, 3.8) is 0 Å². The molecule has 2 nitrogen and oxygen atoms in total. The van der Waals surface area contributed by atoms with Gasteiger partial charge in [-0.1, -0.05) is 259 Å². The number of hydrogen-bond acceptors (Lipinski definition) is 2. The summed E-state index contributed by atoms with van der Waals surface area (Å²) in [6.45, 7) is 11.1. The van der Waals surface area contributed by atoms with Crippen LogP contribution in [0.25, 0.3) is 0 Å². The fraction of sp³-hybridized carbons (Fsp3) is 0.904. The van der Waals surface area contributed by atoms with Crippen LogP contribution in [0.4, 0.5) is 0 Å². The average Bonchev–Trinajstić information content (AvgIpc) is 3.18. The van der Waals surface area contributed by atoms with Crippen LogP contribution in [-0.4, -0.2) is 9.97 Å². The van der Waals surface area contributed by atoms with E-state index in [0.29, 0.717) is 0 Å². The third kappa shape index (κ3) is 32.2. The number of nitrogens with zero attached hydrogens (tertiary/aromatic N) is 2. The molecule has 0 atom stereocenters. The van der Waals surface area contributed by atoms with Crippen LogP contribution in [0, 0.1) is 6.92 Å². The topological polar surface area (TPSA) is 25.8 Å². The van der Waals surface area contributed by atoms with Crippen molar-refractivity contribution in [3.8, 4) is 0 Å². The van der Waals surface area contributed by atoms with E-state index >= 15 is 0 Å². The van der Waals surface area contributed by atoms with Crippen LogP contribution in [0.2, 0.25) is 0 Å². The van der Waals surface area contributed by atoms with Gasteiger partial charge in [-0.15, -0.1) is 0 Å². The van der Waals surface area contributed by atoms with Gasteiger partial charge in [-0.25, -0.2) is 9.97 Å². The molecule has 0 saturated heterocycles. The number of aryl methyl sites for hydroxylation is 3. The first kappa shape index (κ1) is 51.1. The van der Waals surface area contributed by atoms with E-state index in [1.165, 1.54) is 268 Å². The third-order valence-electron chi connectivity index (χ3n) is 12.2. The van der Waals surface area contributed by atoms with E-state index in [0.717, 1.165) is 31.5 Å². The van der Waals surface area contributed by atoms with Crippen LogP contribution in [0.3, 0.4) is 0 Å². The summed E-state index contributed by atoms with van der Waals surface area (Å²) in [7, 11) is 0. The minimum Gasteiger partial charge on any atom is -0.238 e. The van der Waals surface area contributed by atoms with Gasteiger partial charge in [0.2, 0.25) is 0 Å². The number of unbranched alkanes of at least 4 members (excludes halogenated alkanes) is 36. The predicted molar refractivity (Wildman–Crippen MR) is 244 cm³/mol. The first-order chi connectivity index (χ1) is 26.8. The second kappa shape index (κ2) is 41.7. The molecule has 1 radical (unpaired) electrons. The monoisotopic (exact) mass is 752 g/mol. The average molecular weight is 752 g/mol. The van der Waals surface area contributed by atoms with Gasteiger partial charge in [0.1, 0.15) is 5.82 Å². The molecule has 1 heterocycles. The summed E-state index contributed by atoms with van der Waals surface area (Å²) in [5, 5.41) is 0. The molecular formula is C52H99N2. The number of aromatic nitrogens is 2. The molecule has 0 fully saturated rings. The van der Waals surface area contributed by atoms with Crippen molar-refractivity contribution in [3.05, 3.63) is 29.7 Å². The first-order valence-electron chi connectivity index (χ1n) is 25.4. The molecular weight excluding hydrogens is 653 g/mol. The second-order valence-electron chi connectivity index (χ2n) is 17.6. The van der Waals surface area contributed by atoms with E-state index in [2.05, 4.69) is 27.7 Å². The lowest BCUT2D eigenvalue weighted by Gasteiger charge is -2.16. The Labute approximate surface area is 341 Å². The lowest BCUT2D eigenvalue weighted by Crippen LogP contribution is -2.11. The van der Waals surface area contributed by atoms with Crippen LogP contribution in [0.15, 0.2) is 0 Å². The highest BCUT2D eigenvalue weighted by Crippen LogP contribution is 2.23. The quantitative estimate of drug-likeness (QED) is 0.0621. The molecule has 317 valence electrons. The lowest BCUT2D eigenvalue weighted by atomic mass is 9.96. The zero-order valence-corrected chi connectivity index (χ0v) is 37.7. The van der Waals surface area contributed by atoms with Crippen LogP contribution in [-0.2, 0) is 25.7 Å². The summed E-state index contributed by atoms with van der Waals surface area (Å²) < 4.78 is 0. The molecule has 0 aliphatic rings. The highest BCUT2D eigenvalue weighted by Gasteiger charge is 2.14. The van der Waals surface area contributed by atoms with E-state index in [1.807, 2.05) is 0 Å². The van der Waals surface area contributed by atoms with Gasteiger partial charge in [-0.2, -0.15) is 0 Å². The molecule has 0 bridgehead atoms. The van der Waals surface area contributed by atoms with Crippen LogP contribution < -0.4 is 0 Å². The smallest absolute Gasteiger partial charge is 0.128 e. The van der Waals surface area contributed by atoms with E-state index in [4.69, 9.17) is 9.97 Å². The number of hydrogen-bond donors (Lipinski definition) is 0. The summed E-state index contributed by atoms with van der Waals surface area (Å²) in [6.07, 6.45) is 60.6. The molecule has 0 N–H and O–H groups in total. The molecule has 2 heteroatoms. The third-order valence-corrected chi connectivity index (χ3v) is 12.2. The van der Waals surface area contributed by atoms with Crippen molar-refractivity contribution in [2.45, 2.75) is 303 Å². The molecule has 1 aromatic rings. The van der Waals surface area contributed by atoms with E-state index in [9.17, 15) is 0 Å². The molecule has 0 unspecified atom stereocenters. The molecule has 1 aromatic heterocycles. The zero-order valence-electron chi connectivity index (χ0n) is 37.7. The highest BCUT2D eigenvalue weighted by atomic mass is 14.9. The van der Waals surface area contributed by atoms with Gasteiger partial charge >= 0.3 is 0 Å². The van der Waals surface area contributed by atoms with Gasteiger partial charge in [-0.3, -0.25) is 0 Å². The molecule has 0 spiro atoms. The first-order valence-corrected chi connectivity index (χ1v) is 25.4. The summed E-state index contributed by atoms with van der Waals surface area (Å²) in [5.74, 6) is 1.08. The van der Waals surface area contributed by atoms with Gasteiger partial charge in [0, 0.05) is 17.8 Å². The maximum Gasteiger partial charge on any atom is 0.128 e. The highest BCUT2D eigenvalue weighted by molar-refractivity contribution is 5.27. The summed E-state index contributed by atoms with van der Waals surface area (Å²) in [5.41, 5.74) is 4.39. The largest absolute Gasteiger partial charge is 0.238 e. The van der Waals surface area contributed by atoms with Gasteiger partial charge in [0.15, 0.2) is 0 Å². The van der Waals surface area contributed by atoms with Gasteiger partial charge in [0.05, 0.1) is 0 Å². The van der Waals surface area contributed by atoms with Crippen molar-refractivity contribution >= 4 is 0 Å². The van der Waals surface area contributed by atoms with E-state index < -0.39 is 0 Å². The summed E-state index contributed by atoms with van der Waals surface area (Å²) in [4.78, 5) is 10.5. The van der Waals surface area contributed by atoms with Crippen LogP contribution in [0.5, 0.6) is 0 Å². The van der Waals surface area contributed by atoms with Crippen molar-refractivity contribution in [2.24, 2.45) is 0 Å². The maximum atomic E-state index is 5.26. The normalized spacial score (nSPS) is 11.6. The standard InChI is InChI=1S/C52H99N2/c1-5-9-12-15-18-21-24-27-30-33-36-39-42-46-49-50(47-43-40-37-34-31-28-25-22-19-16-13-10-6-2)53-52(45-8-4)54-51(49)48-44-41-38-35-32-29-26-23-20-17-14-11-7-3/h4-48H2,1-3H3. The fourth-order valence-corrected chi connectivity index (χ4v) is 8.55. The van der Waals surface area contributed by atoms with Crippen LogP contribution >= 0.6 is 0 Å². The molecule has 0 amide bonds. The second-order valence-corrected chi connectivity index (χ2v) is 17.6. The molecule has 54 heavy (non-hydrogen) atoms. The molecule has 0 aromatic carbocycles. The summed E-state index contributed by atoms with van der Waals surface area (Å²) in [6, 6.07) is 0. The van der Waals surface area contributed by atoms with Crippen LogP contribution in [0.1, 0.15) is 300 Å². The van der Waals surface area contributed by atoms with Crippen molar-refractivity contribution in [1.29, 1.82) is 0 Å². The van der Waals surface area contributed by atoms with Gasteiger partial charge in [0.25, 0.3) is 0 Å². The molecule has 0 saturated carbocycles. The Morgan fingerprint density at radius 3 is 0.741 bits per heavy atom. The van der Waals surface area contributed by atoms with Gasteiger partial charge in [-0.05, 0) is 50.5 Å². The number of rotatable bonds is 44. The molecule has 1 rings (SSSR count). The Morgan fingerprint density at radius 2 is 0.500 bits per heavy atom. The Hall–Kier alpha value is -0.920. The van der Waals surface area contributed by atoms with E-state index in [1.54, 1.807) is 5.56 Å². The Kier molecular flexibility index (Phi) is 39.5. The van der Waals surface area contributed by atoms with Crippen molar-refractivity contribution in [1.82, 2.24) is 9.97 Å². The minimum atomic E-state index is 0.897. The van der Waals surface area contributed by atoms with Crippen molar-refractivity contribution in [2.75, 3.05) is 0 Å². The predicted octanol–water partition coefficient (Wildman–Crippen LogP) is 18.1. The SMILES string of the molecule is [CH2]CCc1nc(CCCCCCCCCCCCCCC)c(CCCCCCCCCCCCCCC)c(CCCCCCCCCCCCCCC)n1. The van der Waals surface area contributed by atoms with Crippen molar-refractivity contribution < 1.29 is 0 Å². The molecule has 0 aliphatic carbocycles. The Bertz CT molecular complexity index is 826. The molecule has 0 aliphatic heterocycles. The van der Waals surface area contributed by atoms with E-state index in [-0.39, 0.29) is 0 Å². The minimum absolute atomic E-state index is 0.897.